The van der Waals surface area contributed by atoms with E-state index in [1.54, 1.807) is 39.5 Å². The summed E-state index contributed by atoms with van der Waals surface area (Å²) in [5.41, 5.74) is 2.17. The Bertz CT molecular complexity index is 620. The molecule has 2 aromatic carbocycles. The number of benzene rings is 2. The Hall–Kier alpha value is -2.49. The molecule has 0 aliphatic rings. The van der Waals surface area contributed by atoms with Crippen molar-refractivity contribution in [1.29, 1.82) is 0 Å². The van der Waals surface area contributed by atoms with E-state index >= 15 is 0 Å². The number of carbonyl (C=O) groups is 1. The third-order valence-corrected chi connectivity index (χ3v) is 3.08. The largest absolute Gasteiger partial charge is 0.496 e. The number of rotatable bonds is 5. The summed E-state index contributed by atoms with van der Waals surface area (Å²) in [6.45, 7) is 0. The van der Waals surface area contributed by atoms with Crippen LogP contribution in [0, 0.1) is 0 Å². The van der Waals surface area contributed by atoms with Crippen LogP contribution in [0.1, 0.15) is 10.4 Å². The van der Waals surface area contributed by atoms with Crippen molar-refractivity contribution in [2.45, 2.75) is 0 Å². The molecule has 0 saturated heterocycles. The minimum atomic E-state index is 0.580. The molecule has 0 fully saturated rings. The molecular weight excluding hydrogens is 256 g/mol. The summed E-state index contributed by atoms with van der Waals surface area (Å²) in [5, 5.41) is 0. The van der Waals surface area contributed by atoms with Crippen molar-refractivity contribution < 1.29 is 19.0 Å². The molecule has 104 valence electrons. The number of hydrogen-bond acceptors (Lipinski definition) is 4. The van der Waals surface area contributed by atoms with Crippen molar-refractivity contribution in [3.63, 3.8) is 0 Å². The van der Waals surface area contributed by atoms with E-state index in [1.165, 1.54) is 0 Å². The highest BCUT2D eigenvalue weighted by atomic mass is 16.5. The van der Waals surface area contributed by atoms with Crippen molar-refractivity contribution >= 4 is 6.29 Å². The molecule has 4 nitrogen and oxygen atoms in total. The van der Waals surface area contributed by atoms with E-state index < -0.39 is 0 Å². The van der Waals surface area contributed by atoms with Gasteiger partial charge in [0.25, 0.3) is 0 Å². The number of carbonyl (C=O) groups excluding carboxylic acids is 1. The Morgan fingerprint density at radius 1 is 0.800 bits per heavy atom. The monoisotopic (exact) mass is 272 g/mol. The molecule has 0 saturated carbocycles. The fraction of sp³-hybridized carbons (Fsp3) is 0.188. The highest BCUT2D eigenvalue weighted by Crippen LogP contribution is 2.40. The summed E-state index contributed by atoms with van der Waals surface area (Å²) >= 11 is 0. The van der Waals surface area contributed by atoms with Crippen molar-refractivity contribution in [3.05, 3.63) is 42.0 Å². The average molecular weight is 272 g/mol. The van der Waals surface area contributed by atoms with E-state index in [9.17, 15) is 4.79 Å². The van der Waals surface area contributed by atoms with E-state index in [1.807, 2.05) is 18.2 Å². The van der Waals surface area contributed by atoms with Gasteiger partial charge in [-0.15, -0.1) is 0 Å². The minimum absolute atomic E-state index is 0.580. The molecule has 0 atom stereocenters. The molecule has 0 aliphatic carbocycles. The van der Waals surface area contributed by atoms with Gasteiger partial charge < -0.3 is 14.2 Å². The van der Waals surface area contributed by atoms with Crippen molar-refractivity contribution in [1.82, 2.24) is 0 Å². The molecule has 0 aliphatic heterocycles. The molecule has 0 unspecified atom stereocenters. The fourth-order valence-corrected chi connectivity index (χ4v) is 2.08. The molecule has 0 heterocycles. The summed E-state index contributed by atoms with van der Waals surface area (Å²) in [5.74, 6) is 1.79. The normalized spacial score (nSPS) is 9.95. The molecule has 0 N–H and O–H groups in total. The number of aldehydes is 1. The van der Waals surface area contributed by atoms with E-state index in [2.05, 4.69) is 0 Å². The molecule has 0 bridgehead atoms. The maximum absolute atomic E-state index is 11.2. The molecule has 2 rings (SSSR count). The third kappa shape index (κ3) is 2.45. The minimum Gasteiger partial charge on any atom is -0.496 e. The second-order valence-electron chi connectivity index (χ2n) is 4.11. The number of ether oxygens (including phenoxy) is 3. The summed E-state index contributed by atoms with van der Waals surface area (Å²) < 4.78 is 15.9. The predicted octanol–water partition coefficient (Wildman–Crippen LogP) is 3.19. The lowest BCUT2D eigenvalue weighted by atomic mass is 9.99. The van der Waals surface area contributed by atoms with Crippen LogP contribution in [0.4, 0.5) is 0 Å². The van der Waals surface area contributed by atoms with Gasteiger partial charge in [0.2, 0.25) is 0 Å². The Morgan fingerprint density at radius 3 is 2.00 bits per heavy atom. The molecule has 0 spiro atoms. The van der Waals surface area contributed by atoms with Crippen LogP contribution in [-0.4, -0.2) is 27.6 Å². The van der Waals surface area contributed by atoms with Gasteiger partial charge in [0, 0.05) is 17.2 Å². The summed E-state index contributed by atoms with van der Waals surface area (Å²) in [6.07, 6.45) is 0.825. The molecule has 4 heteroatoms. The second-order valence-corrected chi connectivity index (χ2v) is 4.11. The van der Waals surface area contributed by atoms with Gasteiger partial charge in [-0.2, -0.15) is 0 Å². The zero-order valence-corrected chi connectivity index (χ0v) is 11.7. The van der Waals surface area contributed by atoms with Gasteiger partial charge in [-0.1, -0.05) is 24.3 Å². The lowest BCUT2D eigenvalue weighted by molar-refractivity contribution is 0.112. The SMILES string of the molecule is COc1cc(OC)c(-c2ccccc2C=O)cc1OC. The summed E-state index contributed by atoms with van der Waals surface area (Å²) in [4.78, 5) is 11.2. The highest BCUT2D eigenvalue weighted by Gasteiger charge is 2.15. The van der Waals surface area contributed by atoms with Crippen LogP contribution < -0.4 is 14.2 Å². The summed E-state index contributed by atoms with van der Waals surface area (Å²) in [6, 6.07) is 10.9. The first-order valence-electron chi connectivity index (χ1n) is 6.09. The third-order valence-electron chi connectivity index (χ3n) is 3.08. The van der Waals surface area contributed by atoms with E-state index in [0.29, 0.717) is 22.8 Å². The quantitative estimate of drug-likeness (QED) is 0.784. The van der Waals surface area contributed by atoms with Gasteiger partial charge >= 0.3 is 0 Å². The van der Waals surface area contributed by atoms with E-state index in [4.69, 9.17) is 14.2 Å². The van der Waals surface area contributed by atoms with Crippen LogP contribution >= 0.6 is 0 Å². The van der Waals surface area contributed by atoms with Gasteiger partial charge in [0.05, 0.1) is 21.3 Å². The van der Waals surface area contributed by atoms with E-state index in [0.717, 1.165) is 17.4 Å². The first-order chi connectivity index (χ1) is 9.74. The van der Waals surface area contributed by atoms with E-state index in [-0.39, 0.29) is 0 Å². The zero-order valence-electron chi connectivity index (χ0n) is 11.7. The number of methoxy groups -OCH3 is 3. The Kier molecular flexibility index (Phi) is 4.25. The first kappa shape index (κ1) is 13.9. The van der Waals surface area contributed by atoms with Crippen molar-refractivity contribution in [2.24, 2.45) is 0 Å². The lowest BCUT2D eigenvalue weighted by Crippen LogP contribution is -1.96. The lowest BCUT2D eigenvalue weighted by Gasteiger charge is -2.15. The second kappa shape index (κ2) is 6.10. The van der Waals surface area contributed by atoms with Crippen molar-refractivity contribution in [3.8, 4) is 28.4 Å². The average Bonchev–Trinajstić information content (AvgIpc) is 2.53. The molecule has 2 aromatic rings. The van der Waals surface area contributed by atoms with Gasteiger partial charge in [-0.25, -0.2) is 0 Å². The van der Waals surface area contributed by atoms with Crippen LogP contribution in [0.15, 0.2) is 36.4 Å². The zero-order chi connectivity index (χ0) is 14.5. The standard InChI is InChI=1S/C16H16O4/c1-18-14-9-16(20-3)15(19-2)8-13(14)12-7-5-4-6-11(12)10-17/h4-10H,1-3H3. The van der Waals surface area contributed by atoms with Crippen LogP contribution in [-0.2, 0) is 0 Å². The van der Waals surface area contributed by atoms with Crippen LogP contribution in [0.3, 0.4) is 0 Å². The summed E-state index contributed by atoms with van der Waals surface area (Å²) in [7, 11) is 4.71. The highest BCUT2D eigenvalue weighted by molar-refractivity contribution is 5.90. The van der Waals surface area contributed by atoms with Gasteiger partial charge in [0.1, 0.15) is 5.75 Å². The molecule has 0 amide bonds. The Balaban J connectivity index is 2.69. The predicted molar refractivity (Wildman–Crippen MR) is 76.9 cm³/mol. The van der Waals surface area contributed by atoms with Gasteiger partial charge in [-0.05, 0) is 11.6 Å². The van der Waals surface area contributed by atoms with Gasteiger partial charge in [0.15, 0.2) is 17.8 Å². The Morgan fingerprint density at radius 2 is 1.40 bits per heavy atom. The maximum Gasteiger partial charge on any atom is 0.164 e. The molecular formula is C16H16O4. The smallest absolute Gasteiger partial charge is 0.164 e. The van der Waals surface area contributed by atoms with Crippen LogP contribution in [0.2, 0.25) is 0 Å². The number of hydrogen-bond donors (Lipinski definition) is 0. The first-order valence-corrected chi connectivity index (χ1v) is 6.09. The topological polar surface area (TPSA) is 44.8 Å². The van der Waals surface area contributed by atoms with Crippen LogP contribution in [0.25, 0.3) is 11.1 Å². The van der Waals surface area contributed by atoms with Crippen LogP contribution in [0.5, 0.6) is 17.2 Å². The Labute approximate surface area is 117 Å². The fourth-order valence-electron chi connectivity index (χ4n) is 2.08. The molecule has 20 heavy (non-hydrogen) atoms. The van der Waals surface area contributed by atoms with Crippen molar-refractivity contribution in [2.75, 3.05) is 21.3 Å². The van der Waals surface area contributed by atoms with Gasteiger partial charge in [-0.3, -0.25) is 4.79 Å². The molecule has 0 radical (unpaired) electrons. The maximum atomic E-state index is 11.2. The molecule has 0 aromatic heterocycles.